The highest BCUT2D eigenvalue weighted by Gasteiger charge is 2.18. The molecule has 4 rings (SSSR count). The minimum absolute atomic E-state index is 0.141. The average Bonchev–Trinajstić information content (AvgIpc) is 3.30. The predicted octanol–water partition coefficient (Wildman–Crippen LogP) is 1.93. The van der Waals surface area contributed by atoms with Crippen molar-refractivity contribution in [3.63, 3.8) is 0 Å². The van der Waals surface area contributed by atoms with Gasteiger partial charge in [0.25, 0.3) is 0 Å². The fourth-order valence-electron chi connectivity index (χ4n) is 2.67. The number of ether oxygens (including phenoxy) is 2. The zero-order valence-corrected chi connectivity index (χ0v) is 13.0. The third kappa shape index (κ3) is 3.50. The minimum Gasteiger partial charge on any atom is -0.417 e. The lowest BCUT2D eigenvalue weighted by Crippen LogP contribution is -2.12. The van der Waals surface area contributed by atoms with E-state index in [9.17, 15) is 8.78 Å². The molecule has 1 atom stereocenters. The van der Waals surface area contributed by atoms with Crippen LogP contribution >= 0.6 is 0 Å². The summed E-state index contributed by atoms with van der Waals surface area (Å²) in [4.78, 5) is 8.78. The molecule has 0 aliphatic carbocycles. The molecule has 132 valence electrons. The first-order chi connectivity index (χ1) is 12.2. The summed E-state index contributed by atoms with van der Waals surface area (Å²) < 4.78 is 35.8. The Labute approximate surface area is 140 Å². The topological polar surface area (TPSA) is 103 Å². The van der Waals surface area contributed by atoms with Gasteiger partial charge in [0.15, 0.2) is 17.3 Å². The van der Waals surface area contributed by atoms with Crippen LogP contribution in [0.2, 0.25) is 0 Å². The summed E-state index contributed by atoms with van der Waals surface area (Å²) >= 11 is 0. The first-order valence-corrected chi connectivity index (χ1v) is 7.71. The van der Waals surface area contributed by atoms with Crippen LogP contribution in [0, 0.1) is 5.92 Å². The summed E-state index contributed by atoms with van der Waals surface area (Å²) in [5, 5.41) is 13.4. The quantitative estimate of drug-likeness (QED) is 0.699. The van der Waals surface area contributed by atoms with Crippen LogP contribution in [-0.4, -0.2) is 49.8 Å². The van der Waals surface area contributed by atoms with E-state index in [1.807, 2.05) is 0 Å². The van der Waals surface area contributed by atoms with Crippen LogP contribution in [0.1, 0.15) is 6.42 Å². The number of hydrogen-bond acceptors (Lipinski definition) is 7. The lowest BCUT2D eigenvalue weighted by Gasteiger charge is -2.08. The van der Waals surface area contributed by atoms with E-state index in [0.29, 0.717) is 41.9 Å². The van der Waals surface area contributed by atoms with Crippen LogP contribution in [0.25, 0.3) is 11.2 Å². The normalized spacial score (nSPS) is 17.5. The van der Waals surface area contributed by atoms with Gasteiger partial charge in [-0.05, 0) is 6.42 Å². The predicted molar refractivity (Wildman–Crippen MR) is 82.8 cm³/mol. The Kier molecular flexibility index (Phi) is 4.14. The van der Waals surface area contributed by atoms with Gasteiger partial charge in [-0.15, -0.1) is 0 Å². The number of alkyl halides is 2. The van der Waals surface area contributed by atoms with Gasteiger partial charge >= 0.3 is 6.61 Å². The van der Waals surface area contributed by atoms with Gasteiger partial charge in [0.05, 0.1) is 19.0 Å². The van der Waals surface area contributed by atoms with Crippen molar-refractivity contribution >= 4 is 22.8 Å². The van der Waals surface area contributed by atoms with E-state index in [1.54, 1.807) is 10.9 Å². The lowest BCUT2D eigenvalue weighted by molar-refractivity contribution is -0.0528. The summed E-state index contributed by atoms with van der Waals surface area (Å²) in [5.41, 5.74) is 1.31. The van der Waals surface area contributed by atoms with Crippen LogP contribution in [0.4, 0.5) is 20.4 Å². The van der Waals surface area contributed by atoms with Gasteiger partial charge in [0, 0.05) is 25.1 Å². The number of nitrogens with zero attached hydrogens (tertiary/aromatic N) is 5. The third-order valence-corrected chi connectivity index (χ3v) is 3.83. The molecule has 0 saturated carbocycles. The van der Waals surface area contributed by atoms with Crippen molar-refractivity contribution in [2.75, 3.05) is 18.5 Å². The van der Waals surface area contributed by atoms with Gasteiger partial charge in [0.2, 0.25) is 5.88 Å². The number of H-pyrrole nitrogens is 1. The SMILES string of the molecule is FC(F)Oc1cc(Nc2cnc3cnn(CC4CCOC4)c3n2)n[nH]1. The molecule has 11 heteroatoms. The summed E-state index contributed by atoms with van der Waals surface area (Å²) in [7, 11) is 0. The van der Waals surface area contributed by atoms with Crippen LogP contribution in [-0.2, 0) is 11.3 Å². The van der Waals surface area contributed by atoms with E-state index in [2.05, 4.69) is 35.3 Å². The fraction of sp³-hybridized carbons (Fsp3) is 0.429. The maximum atomic E-state index is 12.2. The Hall–Kier alpha value is -2.82. The van der Waals surface area contributed by atoms with Crippen molar-refractivity contribution in [1.29, 1.82) is 0 Å². The summed E-state index contributed by atoms with van der Waals surface area (Å²) in [5.74, 6) is 0.978. The molecule has 1 unspecified atom stereocenters. The molecule has 0 bridgehead atoms. The molecule has 3 aromatic rings. The Bertz CT molecular complexity index is 860. The highest BCUT2D eigenvalue weighted by atomic mass is 19.3. The van der Waals surface area contributed by atoms with Gasteiger partial charge in [-0.25, -0.2) is 19.7 Å². The van der Waals surface area contributed by atoms with Gasteiger partial charge in [-0.2, -0.15) is 19.0 Å². The number of aromatic amines is 1. The molecule has 25 heavy (non-hydrogen) atoms. The Morgan fingerprint density at radius 3 is 3.12 bits per heavy atom. The second-order valence-electron chi connectivity index (χ2n) is 5.64. The molecule has 3 aromatic heterocycles. The minimum atomic E-state index is -2.92. The van der Waals surface area contributed by atoms with E-state index < -0.39 is 6.61 Å². The molecule has 1 aliphatic rings. The second kappa shape index (κ2) is 6.59. The van der Waals surface area contributed by atoms with Gasteiger partial charge in [-0.3, -0.25) is 0 Å². The van der Waals surface area contributed by atoms with Crippen molar-refractivity contribution in [1.82, 2.24) is 29.9 Å². The van der Waals surface area contributed by atoms with Gasteiger partial charge < -0.3 is 14.8 Å². The largest absolute Gasteiger partial charge is 0.417 e. The zero-order valence-electron chi connectivity index (χ0n) is 13.0. The van der Waals surface area contributed by atoms with Crippen LogP contribution in [0.15, 0.2) is 18.5 Å². The molecule has 1 fully saturated rings. The molecule has 9 nitrogen and oxygen atoms in total. The number of halogens is 2. The Morgan fingerprint density at radius 1 is 1.40 bits per heavy atom. The van der Waals surface area contributed by atoms with E-state index >= 15 is 0 Å². The van der Waals surface area contributed by atoms with Gasteiger partial charge in [-0.1, -0.05) is 0 Å². The molecule has 1 aliphatic heterocycles. The molecule has 0 radical (unpaired) electrons. The molecule has 0 aromatic carbocycles. The lowest BCUT2D eigenvalue weighted by atomic mass is 10.1. The van der Waals surface area contributed by atoms with E-state index in [-0.39, 0.29) is 5.88 Å². The number of anilines is 2. The highest BCUT2D eigenvalue weighted by molar-refractivity contribution is 5.71. The molecule has 0 amide bonds. The van der Waals surface area contributed by atoms with Crippen molar-refractivity contribution < 1.29 is 18.3 Å². The molecular formula is C14H15F2N7O2. The molecule has 4 heterocycles. The average molecular weight is 351 g/mol. The second-order valence-corrected chi connectivity index (χ2v) is 5.64. The Balaban J connectivity index is 1.52. The molecule has 0 spiro atoms. The van der Waals surface area contributed by atoms with Crippen molar-refractivity contribution in [3.05, 3.63) is 18.5 Å². The first kappa shape index (κ1) is 15.7. The summed E-state index contributed by atoms with van der Waals surface area (Å²) in [6.07, 6.45) is 4.17. The van der Waals surface area contributed by atoms with Crippen molar-refractivity contribution in [2.45, 2.75) is 19.6 Å². The molecular weight excluding hydrogens is 336 g/mol. The maximum Gasteiger partial charge on any atom is 0.388 e. The number of rotatable bonds is 6. The van der Waals surface area contributed by atoms with Crippen LogP contribution in [0.5, 0.6) is 5.88 Å². The third-order valence-electron chi connectivity index (χ3n) is 3.83. The zero-order chi connectivity index (χ0) is 17.2. The smallest absolute Gasteiger partial charge is 0.388 e. The summed E-state index contributed by atoms with van der Waals surface area (Å²) in [6.45, 7) is -0.730. The van der Waals surface area contributed by atoms with E-state index in [4.69, 9.17) is 4.74 Å². The van der Waals surface area contributed by atoms with Crippen LogP contribution in [0.3, 0.4) is 0 Å². The van der Waals surface area contributed by atoms with E-state index in [0.717, 1.165) is 13.0 Å². The van der Waals surface area contributed by atoms with E-state index in [1.165, 1.54) is 12.3 Å². The number of hydrogen-bond donors (Lipinski definition) is 2. The summed E-state index contributed by atoms with van der Waals surface area (Å²) in [6, 6.07) is 1.31. The van der Waals surface area contributed by atoms with Crippen molar-refractivity contribution in [2.24, 2.45) is 5.92 Å². The monoisotopic (exact) mass is 351 g/mol. The number of fused-ring (bicyclic) bond motifs is 1. The number of nitrogens with one attached hydrogen (secondary N) is 2. The maximum absolute atomic E-state index is 12.2. The van der Waals surface area contributed by atoms with Gasteiger partial charge in [0.1, 0.15) is 5.52 Å². The van der Waals surface area contributed by atoms with Crippen molar-refractivity contribution in [3.8, 4) is 5.88 Å². The number of aromatic nitrogens is 6. The highest BCUT2D eigenvalue weighted by Crippen LogP contribution is 2.21. The van der Waals surface area contributed by atoms with Crippen LogP contribution < -0.4 is 10.1 Å². The first-order valence-electron chi connectivity index (χ1n) is 7.71. The Morgan fingerprint density at radius 2 is 2.32 bits per heavy atom. The standard InChI is InChI=1S/C14H15F2N7O2/c15-14(16)25-12-3-10(21-22-12)19-11-5-17-9-4-18-23(13(9)20-11)6-8-1-2-24-7-8/h3-5,8,14H,1-2,6-7H2,(H2,19,20,21,22). The fourth-order valence-corrected chi connectivity index (χ4v) is 2.67. The molecule has 2 N–H and O–H groups in total. The molecule has 1 saturated heterocycles.